The summed E-state index contributed by atoms with van der Waals surface area (Å²) in [6.07, 6.45) is 1.60. The SMILES string of the molecule is CCOc1ccc(NC(=O)c2ccnc(Nc3ccccc3OCC)c2)cc1. The second-order valence-electron chi connectivity index (χ2n) is 5.90. The molecule has 0 aliphatic rings. The van der Waals surface area contributed by atoms with Crippen LogP contribution in [0.2, 0.25) is 0 Å². The fourth-order valence-electron chi connectivity index (χ4n) is 2.63. The Balaban J connectivity index is 1.71. The number of pyridine rings is 1. The molecule has 0 unspecified atom stereocenters. The molecule has 2 aromatic carbocycles. The fourth-order valence-corrected chi connectivity index (χ4v) is 2.63. The van der Waals surface area contributed by atoms with Gasteiger partial charge in [0.05, 0.1) is 18.9 Å². The number of ether oxygens (including phenoxy) is 2. The second-order valence-corrected chi connectivity index (χ2v) is 5.90. The van der Waals surface area contributed by atoms with Crippen LogP contribution in [0.5, 0.6) is 11.5 Å². The van der Waals surface area contributed by atoms with Crippen LogP contribution in [-0.2, 0) is 0 Å². The van der Waals surface area contributed by atoms with Crippen LogP contribution in [0.4, 0.5) is 17.2 Å². The van der Waals surface area contributed by atoms with Crippen molar-refractivity contribution in [1.29, 1.82) is 0 Å². The van der Waals surface area contributed by atoms with Crippen LogP contribution in [-0.4, -0.2) is 24.1 Å². The van der Waals surface area contributed by atoms with Gasteiger partial charge in [-0.1, -0.05) is 12.1 Å². The van der Waals surface area contributed by atoms with Gasteiger partial charge in [0.1, 0.15) is 17.3 Å². The normalized spacial score (nSPS) is 10.2. The van der Waals surface area contributed by atoms with Crippen molar-refractivity contribution in [2.24, 2.45) is 0 Å². The topological polar surface area (TPSA) is 72.5 Å². The van der Waals surface area contributed by atoms with E-state index in [0.717, 1.165) is 17.2 Å². The smallest absolute Gasteiger partial charge is 0.255 e. The van der Waals surface area contributed by atoms with Crippen LogP contribution in [0.15, 0.2) is 66.9 Å². The van der Waals surface area contributed by atoms with E-state index in [1.807, 2.05) is 62.4 Å². The van der Waals surface area contributed by atoms with Crippen LogP contribution in [0.1, 0.15) is 24.2 Å². The Morgan fingerprint density at radius 2 is 1.71 bits per heavy atom. The zero-order chi connectivity index (χ0) is 19.8. The maximum absolute atomic E-state index is 12.6. The first kappa shape index (κ1) is 19.2. The second kappa shape index (κ2) is 9.41. The molecule has 0 bridgehead atoms. The maximum atomic E-state index is 12.6. The minimum absolute atomic E-state index is 0.215. The number of para-hydroxylation sites is 2. The van der Waals surface area contributed by atoms with Crippen LogP contribution < -0.4 is 20.1 Å². The Kier molecular flexibility index (Phi) is 6.46. The molecular formula is C22H23N3O3. The summed E-state index contributed by atoms with van der Waals surface area (Å²) in [6, 6.07) is 18.2. The van der Waals surface area contributed by atoms with Gasteiger partial charge in [-0.3, -0.25) is 4.79 Å². The number of hydrogen-bond donors (Lipinski definition) is 2. The van der Waals surface area contributed by atoms with Crippen LogP contribution in [0.25, 0.3) is 0 Å². The van der Waals surface area contributed by atoms with Gasteiger partial charge < -0.3 is 20.1 Å². The van der Waals surface area contributed by atoms with E-state index in [0.29, 0.717) is 30.3 Å². The van der Waals surface area contributed by atoms with Gasteiger partial charge in [-0.2, -0.15) is 0 Å². The third kappa shape index (κ3) is 5.01. The highest BCUT2D eigenvalue weighted by molar-refractivity contribution is 6.04. The molecule has 6 nitrogen and oxygen atoms in total. The van der Waals surface area contributed by atoms with Crippen molar-refractivity contribution < 1.29 is 14.3 Å². The van der Waals surface area contributed by atoms with Crippen molar-refractivity contribution in [2.45, 2.75) is 13.8 Å². The zero-order valence-electron chi connectivity index (χ0n) is 15.9. The van der Waals surface area contributed by atoms with Crippen molar-refractivity contribution in [3.63, 3.8) is 0 Å². The first-order valence-corrected chi connectivity index (χ1v) is 9.18. The molecule has 1 amide bonds. The predicted octanol–water partition coefficient (Wildman–Crippen LogP) is 4.87. The van der Waals surface area contributed by atoms with Gasteiger partial charge in [0.25, 0.3) is 5.91 Å². The summed E-state index contributed by atoms with van der Waals surface area (Å²) in [6.45, 7) is 5.03. The van der Waals surface area contributed by atoms with E-state index < -0.39 is 0 Å². The molecule has 2 N–H and O–H groups in total. The standard InChI is InChI=1S/C22H23N3O3/c1-3-27-18-11-9-17(10-12-18)24-22(26)16-13-14-23-21(15-16)25-19-7-5-6-8-20(19)28-4-2/h5-15H,3-4H2,1-2H3,(H,23,25)(H,24,26). The lowest BCUT2D eigenvalue weighted by Crippen LogP contribution is -2.12. The minimum Gasteiger partial charge on any atom is -0.494 e. The van der Waals surface area contributed by atoms with E-state index in [4.69, 9.17) is 9.47 Å². The van der Waals surface area contributed by atoms with E-state index in [1.165, 1.54) is 0 Å². The molecule has 28 heavy (non-hydrogen) atoms. The summed E-state index contributed by atoms with van der Waals surface area (Å²) in [7, 11) is 0. The van der Waals surface area contributed by atoms with Crippen molar-refractivity contribution >= 4 is 23.1 Å². The van der Waals surface area contributed by atoms with Gasteiger partial charge in [0.15, 0.2) is 0 Å². The van der Waals surface area contributed by atoms with Gasteiger partial charge in [-0.25, -0.2) is 4.98 Å². The summed E-state index contributed by atoms with van der Waals surface area (Å²) in [4.78, 5) is 16.9. The molecular weight excluding hydrogens is 354 g/mol. The molecule has 0 saturated carbocycles. The monoisotopic (exact) mass is 377 g/mol. The zero-order valence-corrected chi connectivity index (χ0v) is 15.9. The summed E-state index contributed by atoms with van der Waals surface area (Å²) in [5, 5.41) is 6.08. The molecule has 0 fully saturated rings. The molecule has 0 spiro atoms. The molecule has 1 heterocycles. The minimum atomic E-state index is -0.215. The van der Waals surface area contributed by atoms with Gasteiger partial charge in [0.2, 0.25) is 0 Å². The Hall–Kier alpha value is -3.54. The summed E-state index contributed by atoms with van der Waals surface area (Å²) < 4.78 is 11.0. The number of aromatic nitrogens is 1. The highest BCUT2D eigenvalue weighted by atomic mass is 16.5. The molecule has 0 aliphatic heterocycles. The quantitative estimate of drug-likeness (QED) is 0.586. The van der Waals surface area contributed by atoms with Crippen LogP contribution >= 0.6 is 0 Å². The molecule has 6 heteroatoms. The average Bonchev–Trinajstić information content (AvgIpc) is 2.71. The van der Waals surface area contributed by atoms with Gasteiger partial charge in [0, 0.05) is 17.4 Å². The van der Waals surface area contributed by atoms with Crippen LogP contribution in [0.3, 0.4) is 0 Å². The molecule has 0 saturated heterocycles. The lowest BCUT2D eigenvalue weighted by Gasteiger charge is -2.12. The Morgan fingerprint density at radius 3 is 2.46 bits per heavy atom. The third-order valence-corrected chi connectivity index (χ3v) is 3.89. The highest BCUT2D eigenvalue weighted by Gasteiger charge is 2.09. The third-order valence-electron chi connectivity index (χ3n) is 3.89. The Bertz CT molecular complexity index is 926. The first-order valence-electron chi connectivity index (χ1n) is 9.18. The molecule has 0 atom stereocenters. The number of benzene rings is 2. The largest absolute Gasteiger partial charge is 0.494 e. The molecule has 144 valence electrons. The summed E-state index contributed by atoms with van der Waals surface area (Å²) in [5.74, 6) is 1.85. The van der Waals surface area contributed by atoms with Crippen molar-refractivity contribution in [2.75, 3.05) is 23.8 Å². The number of nitrogens with one attached hydrogen (secondary N) is 2. The van der Waals surface area contributed by atoms with Crippen molar-refractivity contribution in [3.8, 4) is 11.5 Å². The number of nitrogens with zero attached hydrogens (tertiary/aromatic N) is 1. The van der Waals surface area contributed by atoms with Gasteiger partial charge in [-0.05, 0) is 62.4 Å². The summed E-state index contributed by atoms with van der Waals surface area (Å²) >= 11 is 0. The summed E-state index contributed by atoms with van der Waals surface area (Å²) in [5.41, 5.74) is 1.99. The van der Waals surface area contributed by atoms with E-state index in [2.05, 4.69) is 15.6 Å². The van der Waals surface area contributed by atoms with Crippen molar-refractivity contribution in [3.05, 3.63) is 72.4 Å². The Morgan fingerprint density at radius 1 is 0.964 bits per heavy atom. The van der Waals surface area contributed by atoms with E-state index >= 15 is 0 Å². The lowest BCUT2D eigenvalue weighted by molar-refractivity contribution is 0.102. The predicted molar refractivity (Wildman–Crippen MR) is 111 cm³/mol. The van der Waals surface area contributed by atoms with Gasteiger partial charge in [-0.15, -0.1) is 0 Å². The average molecular weight is 377 g/mol. The molecule has 0 aliphatic carbocycles. The fraction of sp³-hybridized carbons (Fsp3) is 0.182. The number of anilines is 3. The lowest BCUT2D eigenvalue weighted by atomic mass is 10.2. The number of hydrogen-bond acceptors (Lipinski definition) is 5. The Labute approximate surface area is 164 Å². The van der Waals surface area contributed by atoms with Crippen molar-refractivity contribution in [1.82, 2.24) is 4.98 Å². The molecule has 3 aromatic rings. The molecule has 1 aromatic heterocycles. The molecule has 3 rings (SSSR count). The van der Waals surface area contributed by atoms with Crippen LogP contribution in [0, 0.1) is 0 Å². The van der Waals surface area contributed by atoms with E-state index in [1.54, 1.807) is 18.3 Å². The highest BCUT2D eigenvalue weighted by Crippen LogP contribution is 2.27. The number of amides is 1. The van der Waals surface area contributed by atoms with E-state index in [9.17, 15) is 4.79 Å². The first-order chi connectivity index (χ1) is 13.7. The molecule has 0 radical (unpaired) electrons. The number of rotatable bonds is 8. The maximum Gasteiger partial charge on any atom is 0.255 e. The van der Waals surface area contributed by atoms with Gasteiger partial charge >= 0.3 is 0 Å². The van der Waals surface area contributed by atoms with E-state index in [-0.39, 0.29) is 5.91 Å². The number of carbonyl (C=O) groups excluding carboxylic acids is 1. The number of carbonyl (C=O) groups is 1.